The fraction of sp³-hybridized carbons (Fsp3) is 0.966. The molecule has 2 heteroatoms. The summed E-state index contributed by atoms with van der Waals surface area (Å²) < 4.78 is 0. The maximum absolute atomic E-state index is 13.4. The number of alkyl halides is 1. The second-order valence-electron chi connectivity index (χ2n) is 13.2. The molecule has 0 aromatic heterocycles. The Morgan fingerprint density at radius 2 is 1.65 bits per heavy atom. The first kappa shape index (κ1) is 24.1. The van der Waals surface area contributed by atoms with Crippen LogP contribution in [0.2, 0.25) is 0 Å². The van der Waals surface area contributed by atoms with E-state index < -0.39 is 0 Å². The van der Waals surface area contributed by atoms with E-state index in [4.69, 9.17) is 11.6 Å². The van der Waals surface area contributed by atoms with E-state index in [1.165, 1.54) is 51.4 Å². The molecule has 0 bridgehead atoms. The zero-order chi connectivity index (χ0) is 22.6. The van der Waals surface area contributed by atoms with Crippen molar-refractivity contribution >= 4 is 17.4 Å². The third-order valence-electron chi connectivity index (χ3n) is 11.6. The van der Waals surface area contributed by atoms with Gasteiger partial charge in [0.1, 0.15) is 5.78 Å². The van der Waals surface area contributed by atoms with Gasteiger partial charge in [0.2, 0.25) is 0 Å². The molecule has 4 aliphatic carbocycles. The molecule has 0 heterocycles. The lowest BCUT2D eigenvalue weighted by atomic mass is 9.44. The predicted molar refractivity (Wildman–Crippen MR) is 132 cm³/mol. The zero-order valence-corrected chi connectivity index (χ0v) is 22.0. The number of rotatable bonds is 6. The van der Waals surface area contributed by atoms with Crippen LogP contribution in [0.25, 0.3) is 0 Å². The van der Waals surface area contributed by atoms with Crippen molar-refractivity contribution in [3.05, 3.63) is 0 Å². The smallest absolute Gasteiger partial charge is 0.136 e. The Labute approximate surface area is 197 Å². The summed E-state index contributed by atoms with van der Waals surface area (Å²) in [5, 5.41) is 0.224. The Morgan fingerprint density at radius 1 is 0.968 bits per heavy atom. The molecule has 178 valence electrons. The van der Waals surface area contributed by atoms with Gasteiger partial charge in [0, 0.05) is 17.7 Å². The number of hydrogen-bond donors (Lipinski definition) is 0. The lowest BCUT2D eigenvalue weighted by Gasteiger charge is -2.60. The molecule has 1 nitrogen and oxygen atoms in total. The van der Waals surface area contributed by atoms with Gasteiger partial charge in [-0.25, -0.2) is 0 Å². The normalized spacial score (nSPS) is 46.9. The summed E-state index contributed by atoms with van der Waals surface area (Å²) in [6.07, 6.45) is 13.7. The van der Waals surface area contributed by atoms with Gasteiger partial charge in [-0.1, -0.05) is 54.4 Å². The van der Waals surface area contributed by atoms with Crippen LogP contribution in [0.15, 0.2) is 0 Å². The topological polar surface area (TPSA) is 17.1 Å². The van der Waals surface area contributed by atoms with E-state index in [0.717, 1.165) is 54.8 Å². The van der Waals surface area contributed by atoms with Crippen LogP contribution in [-0.2, 0) is 4.79 Å². The van der Waals surface area contributed by atoms with Crippen molar-refractivity contribution < 1.29 is 4.79 Å². The Hall–Kier alpha value is -0.0400. The summed E-state index contributed by atoms with van der Waals surface area (Å²) in [6.45, 7) is 14.8. The first-order chi connectivity index (χ1) is 14.6. The maximum atomic E-state index is 13.4. The summed E-state index contributed by atoms with van der Waals surface area (Å²) in [4.78, 5) is 13.4. The molecule has 10 atom stereocenters. The highest BCUT2D eigenvalue weighted by Crippen LogP contribution is 2.68. The van der Waals surface area contributed by atoms with Crippen LogP contribution in [0.4, 0.5) is 0 Å². The molecule has 4 rings (SSSR count). The Bertz CT molecular complexity index is 657. The largest absolute Gasteiger partial charge is 0.299 e. The minimum Gasteiger partial charge on any atom is -0.299 e. The molecular formula is C29H49ClO. The van der Waals surface area contributed by atoms with E-state index in [0.29, 0.717) is 17.1 Å². The first-order valence-electron chi connectivity index (χ1n) is 13.8. The molecule has 31 heavy (non-hydrogen) atoms. The molecule has 0 amide bonds. The summed E-state index contributed by atoms with van der Waals surface area (Å²) >= 11 is 6.53. The van der Waals surface area contributed by atoms with Gasteiger partial charge in [0.15, 0.2) is 0 Å². The zero-order valence-electron chi connectivity index (χ0n) is 21.3. The number of carbonyl (C=O) groups is 1. The van der Waals surface area contributed by atoms with Crippen molar-refractivity contribution in [2.24, 2.45) is 58.2 Å². The molecule has 0 radical (unpaired) electrons. The third-order valence-corrected chi connectivity index (χ3v) is 12.0. The second-order valence-corrected chi connectivity index (χ2v) is 13.8. The number of carbonyl (C=O) groups excluding carboxylic acids is 1. The summed E-state index contributed by atoms with van der Waals surface area (Å²) in [7, 11) is 0. The van der Waals surface area contributed by atoms with Crippen molar-refractivity contribution in [2.45, 2.75) is 118 Å². The van der Waals surface area contributed by atoms with E-state index in [1.54, 1.807) is 0 Å². The van der Waals surface area contributed by atoms with Crippen molar-refractivity contribution in [1.82, 2.24) is 0 Å². The molecule has 4 aliphatic rings. The number of fused-ring (bicyclic) bond motifs is 5. The minimum atomic E-state index is 0.224. The second kappa shape index (κ2) is 8.96. The van der Waals surface area contributed by atoms with Crippen molar-refractivity contribution in [3.8, 4) is 0 Å². The van der Waals surface area contributed by atoms with Crippen LogP contribution in [0.3, 0.4) is 0 Å². The number of Topliss-reactive ketones (excluding diaryl/α,β-unsaturated/α-hetero) is 1. The van der Waals surface area contributed by atoms with Crippen LogP contribution in [0.5, 0.6) is 0 Å². The van der Waals surface area contributed by atoms with Gasteiger partial charge >= 0.3 is 0 Å². The Balaban J connectivity index is 1.49. The monoisotopic (exact) mass is 448 g/mol. The molecule has 0 aromatic rings. The van der Waals surface area contributed by atoms with Crippen molar-refractivity contribution in [3.63, 3.8) is 0 Å². The van der Waals surface area contributed by atoms with Crippen molar-refractivity contribution in [2.75, 3.05) is 0 Å². The number of ketones is 1. The van der Waals surface area contributed by atoms with Gasteiger partial charge in [0.05, 0.1) is 0 Å². The van der Waals surface area contributed by atoms with Gasteiger partial charge < -0.3 is 0 Å². The van der Waals surface area contributed by atoms with E-state index in [1.807, 2.05) is 0 Å². The Morgan fingerprint density at radius 3 is 2.32 bits per heavy atom. The number of hydrogen-bond acceptors (Lipinski definition) is 1. The van der Waals surface area contributed by atoms with Crippen LogP contribution in [-0.4, -0.2) is 11.2 Å². The van der Waals surface area contributed by atoms with Crippen LogP contribution >= 0.6 is 11.6 Å². The fourth-order valence-corrected chi connectivity index (χ4v) is 9.94. The van der Waals surface area contributed by atoms with Crippen molar-refractivity contribution in [1.29, 1.82) is 0 Å². The summed E-state index contributed by atoms with van der Waals surface area (Å²) in [5.74, 6) is 6.38. The van der Waals surface area contributed by atoms with Gasteiger partial charge in [-0.2, -0.15) is 0 Å². The van der Waals surface area contributed by atoms with Gasteiger partial charge in [-0.15, -0.1) is 11.6 Å². The quantitative estimate of drug-likeness (QED) is 0.372. The molecular weight excluding hydrogens is 400 g/mol. The third kappa shape index (κ3) is 4.06. The molecule has 4 saturated carbocycles. The standard InChI is InChI=1S/C29H49ClO/c1-7-20(18(2)3)9-8-19(4)23-10-11-24-22-17-27(31)26-16-21(30)12-14-29(26,6)25(22)13-15-28(23,24)5/h18-26H,7-17H2,1-6H3/t19-,20-,21+,22+,23-,24+,25+,26-,28-,29-/m1/s1. The highest BCUT2D eigenvalue weighted by atomic mass is 35.5. The minimum absolute atomic E-state index is 0.224. The molecule has 0 spiro atoms. The average molecular weight is 449 g/mol. The lowest BCUT2D eigenvalue weighted by molar-refractivity contribution is -0.154. The summed E-state index contributed by atoms with van der Waals surface area (Å²) in [5.41, 5.74) is 0.690. The van der Waals surface area contributed by atoms with Crippen LogP contribution in [0.1, 0.15) is 112 Å². The molecule has 0 aromatic carbocycles. The summed E-state index contributed by atoms with van der Waals surface area (Å²) in [6, 6.07) is 0. The highest BCUT2D eigenvalue weighted by molar-refractivity contribution is 6.20. The molecule has 0 unspecified atom stereocenters. The molecule has 0 saturated heterocycles. The Kier molecular flexibility index (Phi) is 6.96. The first-order valence-corrected chi connectivity index (χ1v) is 14.2. The van der Waals surface area contributed by atoms with E-state index in [2.05, 4.69) is 41.5 Å². The molecule has 0 aliphatic heterocycles. The maximum Gasteiger partial charge on any atom is 0.136 e. The molecule has 0 N–H and O–H groups in total. The SMILES string of the molecule is CC[C@H](CC[C@@H](C)[C@H]1CC[C@H]2[C@@H]3CC(=O)[C@H]4C[C@@H](Cl)CC[C@]4(C)[C@H]3CC[C@]12C)C(C)C. The number of halogens is 1. The van der Waals surface area contributed by atoms with E-state index in [9.17, 15) is 4.79 Å². The van der Waals surface area contributed by atoms with Gasteiger partial charge in [-0.3, -0.25) is 4.79 Å². The fourth-order valence-electron chi connectivity index (χ4n) is 9.66. The average Bonchev–Trinajstić information content (AvgIpc) is 3.07. The highest BCUT2D eigenvalue weighted by Gasteiger charge is 2.62. The van der Waals surface area contributed by atoms with E-state index in [-0.39, 0.29) is 16.7 Å². The molecule has 4 fully saturated rings. The van der Waals surface area contributed by atoms with Crippen LogP contribution in [0, 0.1) is 58.2 Å². The van der Waals surface area contributed by atoms with Gasteiger partial charge in [-0.05, 0) is 104 Å². The van der Waals surface area contributed by atoms with E-state index >= 15 is 0 Å². The predicted octanol–water partition coefficient (Wildman–Crippen LogP) is 8.53. The lowest BCUT2D eigenvalue weighted by Crippen LogP contribution is -2.56. The van der Waals surface area contributed by atoms with Gasteiger partial charge in [0.25, 0.3) is 0 Å². The van der Waals surface area contributed by atoms with Crippen LogP contribution < -0.4 is 0 Å².